The van der Waals surface area contributed by atoms with Gasteiger partial charge in [0.15, 0.2) is 5.69 Å². The van der Waals surface area contributed by atoms with Gasteiger partial charge in [0.1, 0.15) is 4.88 Å². The van der Waals surface area contributed by atoms with Gasteiger partial charge in [0, 0.05) is 25.5 Å². The molecule has 0 aliphatic heterocycles. The average Bonchev–Trinajstić information content (AvgIpc) is 3.03. The third kappa shape index (κ3) is 3.56. The van der Waals surface area contributed by atoms with Crippen LogP contribution in [-0.2, 0) is 12.7 Å². The minimum atomic E-state index is -4.61. The highest BCUT2D eigenvalue weighted by molar-refractivity contribution is 7.11. The molecule has 108 valence electrons. The molecule has 0 aromatic carbocycles. The molecule has 0 radical (unpaired) electrons. The summed E-state index contributed by atoms with van der Waals surface area (Å²) in [5.74, 6) is -0.745. The van der Waals surface area contributed by atoms with Crippen molar-refractivity contribution in [1.29, 1.82) is 0 Å². The van der Waals surface area contributed by atoms with Crippen LogP contribution in [-0.4, -0.2) is 27.0 Å². The lowest BCUT2D eigenvalue weighted by Gasteiger charge is -2.07. The van der Waals surface area contributed by atoms with Gasteiger partial charge in [0.05, 0.1) is 11.8 Å². The fraction of sp³-hybridized carbons (Fsp3) is 0.364. The van der Waals surface area contributed by atoms with E-state index in [9.17, 15) is 18.0 Å². The Kier molecular flexibility index (Phi) is 4.38. The summed E-state index contributed by atoms with van der Waals surface area (Å²) in [7, 11) is 0. The lowest BCUT2D eigenvalue weighted by Crippen LogP contribution is -2.26. The highest BCUT2D eigenvalue weighted by atomic mass is 32.1. The first-order valence-corrected chi connectivity index (χ1v) is 6.61. The molecule has 20 heavy (non-hydrogen) atoms. The summed E-state index contributed by atoms with van der Waals surface area (Å²) in [4.78, 5) is 18.3. The molecular formula is C11H11F3N4OS. The third-order valence-electron chi connectivity index (χ3n) is 2.48. The van der Waals surface area contributed by atoms with E-state index in [1.807, 2.05) is 4.57 Å². The maximum absolute atomic E-state index is 12.6. The summed E-state index contributed by atoms with van der Waals surface area (Å²) in [5, 5.41) is 2.46. The number of aromatic nitrogens is 3. The Morgan fingerprint density at radius 1 is 1.45 bits per heavy atom. The second-order valence-corrected chi connectivity index (χ2v) is 4.79. The quantitative estimate of drug-likeness (QED) is 0.861. The molecule has 5 nitrogen and oxygen atoms in total. The molecule has 0 atom stereocenters. The van der Waals surface area contributed by atoms with Crippen molar-refractivity contribution < 1.29 is 18.0 Å². The van der Waals surface area contributed by atoms with Crippen LogP contribution in [0.3, 0.4) is 0 Å². The van der Waals surface area contributed by atoms with E-state index in [-0.39, 0.29) is 6.54 Å². The monoisotopic (exact) mass is 304 g/mol. The molecule has 0 fully saturated rings. The zero-order valence-corrected chi connectivity index (χ0v) is 11.0. The molecule has 1 amide bonds. The van der Waals surface area contributed by atoms with Crippen LogP contribution in [0.25, 0.3) is 0 Å². The molecule has 0 aliphatic carbocycles. The maximum Gasteiger partial charge on any atom is 0.434 e. The van der Waals surface area contributed by atoms with E-state index in [2.05, 4.69) is 15.3 Å². The Morgan fingerprint density at radius 2 is 2.25 bits per heavy atom. The first-order chi connectivity index (χ1) is 9.48. The van der Waals surface area contributed by atoms with Crippen LogP contribution in [0.4, 0.5) is 13.2 Å². The van der Waals surface area contributed by atoms with E-state index in [0.717, 1.165) is 5.51 Å². The van der Waals surface area contributed by atoms with Crippen molar-refractivity contribution in [3.05, 3.63) is 34.8 Å². The Morgan fingerprint density at radius 3 is 2.90 bits per heavy atom. The summed E-state index contributed by atoms with van der Waals surface area (Å²) in [6.07, 6.45) is 1.02. The van der Waals surface area contributed by atoms with Crippen LogP contribution in [0.2, 0.25) is 0 Å². The largest absolute Gasteiger partial charge is 0.434 e. The highest BCUT2D eigenvalue weighted by Crippen LogP contribution is 2.32. The molecular weight excluding hydrogens is 293 g/mol. The molecule has 0 aliphatic rings. The van der Waals surface area contributed by atoms with E-state index in [4.69, 9.17) is 0 Å². The van der Waals surface area contributed by atoms with E-state index in [1.165, 1.54) is 0 Å². The second-order valence-electron chi connectivity index (χ2n) is 3.94. The standard InChI is InChI=1S/C11H11F3N4OS/c12-11(13,14)9-8(20-7-17-9)10(19)16-2-1-4-18-5-3-15-6-18/h3,5-7H,1-2,4H2,(H,16,19). The van der Waals surface area contributed by atoms with Crippen LogP contribution in [0, 0.1) is 0 Å². The van der Waals surface area contributed by atoms with Gasteiger partial charge in [0.2, 0.25) is 0 Å². The highest BCUT2D eigenvalue weighted by Gasteiger charge is 2.38. The van der Waals surface area contributed by atoms with Gasteiger partial charge < -0.3 is 9.88 Å². The van der Waals surface area contributed by atoms with E-state index in [0.29, 0.717) is 24.3 Å². The number of nitrogens with one attached hydrogen (secondary N) is 1. The van der Waals surface area contributed by atoms with Crippen molar-refractivity contribution in [2.75, 3.05) is 6.54 Å². The van der Waals surface area contributed by atoms with Gasteiger partial charge in [-0.25, -0.2) is 9.97 Å². The predicted molar refractivity (Wildman–Crippen MR) is 66.3 cm³/mol. The Labute approximate surface area is 116 Å². The number of hydrogen-bond acceptors (Lipinski definition) is 4. The van der Waals surface area contributed by atoms with Crippen LogP contribution < -0.4 is 5.32 Å². The van der Waals surface area contributed by atoms with Gasteiger partial charge in [-0.2, -0.15) is 13.2 Å². The summed E-state index contributed by atoms with van der Waals surface area (Å²) in [6, 6.07) is 0. The number of hydrogen-bond donors (Lipinski definition) is 1. The van der Waals surface area contributed by atoms with Gasteiger partial charge in [-0.1, -0.05) is 0 Å². The minimum absolute atomic E-state index is 0.284. The number of nitrogens with zero attached hydrogens (tertiary/aromatic N) is 3. The zero-order chi connectivity index (χ0) is 14.6. The second kappa shape index (κ2) is 6.04. The first-order valence-electron chi connectivity index (χ1n) is 5.73. The molecule has 2 heterocycles. The number of halogens is 3. The smallest absolute Gasteiger partial charge is 0.351 e. The number of aryl methyl sites for hydroxylation is 1. The Hall–Kier alpha value is -1.90. The van der Waals surface area contributed by atoms with E-state index < -0.39 is 22.7 Å². The molecule has 2 rings (SSSR count). The summed E-state index contributed by atoms with van der Waals surface area (Å²) >= 11 is 0.682. The molecule has 1 N–H and O–H groups in total. The molecule has 0 saturated heterocycles. The predicted octanol–water partition coefficient (Wildman–Crippen LogP) is 2.18. The third-order valence-corrected chi connectivity index (χ3v) is 3.31. The van der Waals surface area contributed by atoms with Crippen molar-refractivity contribution in [3.63, 3.8) is 0 Å². The first kappa shape index (κ1) is 14.5. The molecule has 0 spiro atoms. The lowest BCUT2D eigenvalue weighted by molar-refractivity contribution is -0.141. The molecule has 2 aromatic rings. The van der Waals surface area contributed by atoms with Crippen LogP contribution >= 0.6 is 11.3 Å². The fourth-order valence-electron chi connectivity index (χ4n) is 1.57. The van der Waals surface area contributed by atoms with Gasteiger partial charge in [-0.3, -0.25) is 4.79 Å². The molecule has 0 unspecified atom stereocenters. The maximum atomic E-state index is 12.6. The van der Waals surface area contributed by atoms with Crippen LogP contribution in [0.5, 0.6) is 0 Å². The summed E-state index contributed by atoms with van der Waals surface area (Å²) in [5.41, 5.74) is -0.113. The molecule has 0 bridgehead atoms. The van der Waals surface area contributed by atoms with Crippen molar-refractivity contribution in [3.8, 4) is 0 Å². The topological polar surface area (TPSA) is 59.8 Å². The molecule has 2 aromatic heterocycles. The molecule has 0 saturated carbocycles. The number of thiazole rings is 1. The number of amides is 1. The van der Waals surface area contributed by atoms with Crippen molar-refractivity contribution >= 4 is 17.2 Å². The van der Waals surface area contributed by atoms with Gasteiger partial charge >= 0.3 is 6.18 Å². The number of carbonyl (C=O) groups is 1. The minimum Gasteiger partial charge on any atom is -0.351 e. The number of rotatable bonds is 5. The van der Waals surface area contributed by atoms with Crippen LogP contribution in [0.1, 0.15) is 21.8 Å². The fourth-order valence-corrected chi connectivity index (χ4v) is 2.29. The normalized spacial score (nSPS) is 11.6. The number of imidazole rings is 1. The van der Waals surface area contributed by atoms with E-state index >= 15 is 0 Å². The van der Waals surface area contributed by atoms with Gasteiger partial charge in [-0.05, 0) is 6.42 Å². The number of carbonyl (C=O) groups excluding carboxylic acids is 1. The van der Waals surface area contributed by atoms with E-state index in [1.54, 1.807) is 18.7 Å². The lowest BCUT2D eigenvalue weighted by atomic mass is 10.3. The zero-order valence-electron chi connectivity index (χ0n) is 10.2. The Bertz CT molecular complexity index is 564. The number of alkyl halides is 3. The van der Waals surface area contributed by atoms with Crippen molar-refractivity contribution in [1.82, 2.24) is 19.9 Å². The SMILES string of the molecule is O=C(NCCCn1ccnc1)c1scnc1C(F)(F)F. The van der Waals surface area contributed by atoms with Crippen molar-refractivity contribution in [2.24, 2.45) is 0 Å². The van der Waals surface area contributed by atoms with Crippen molar-refractivity contribution in [2.45, 2.75) is 19.1 Å². The van der Waals surface area contributed by atoms with Gasteiger partial charge in [0.25, 0.3) is 5.91 Å². The average molecular weight is 304 g/mol. The van der Waals surface area contributed by atoms with Gasteiger partial charge in [-0.15, -0.1) is 11.3 Å². The summed E-state index contributed by atoms with van der Waals surface area (Å²) < 4.78 is 39.5. The Balaban J connectivity index is 1.85. The van der Waals surface area contributed by atoms with Crippen LogP contribution in [0.15, 0.2) is 24.2 Å². The summed E-state index contributed by atoms with van der Waals surface area (Å²) in [6.45, 7) is 0.918. The molecule has 9 heteroatoms.